The lowest BCUT2D eigenvalue weighted by Gasteiger charge is -2.63. The van der Waals surface area contributed by atoms with Gasteiger partial charge >= 0.3 is 24.0 Å². The van der Waals surface area contributed by atoms with E-state index in [9.17, 15) is 39.0 Å². The van der Waals surface area contributed by atoms with Gasteiger partial charge in [0.25, 0.3) is 0 Å². The van der Waals surface area contributed by atoms with Crippen molar-refractivity contribution in [2.75, 3.05) is 7.11 Å². The van der Waals surface area contributed by atoms with Gasteiger partial charge in [-0.15, -0.1) is 0 Å². The van der Waals surface area contributed by atoms with Crippen LogP contribution in [0.2, 0.25) is 0 Å². The molecule has 13 atom stereocenters. The lowest BCUT2D eigenvalue weighted by molar-refractivity contribution is -0.202. The molecule has 4 aliphatic rings. The first-order chi connectivity index (χ1) is 32.7. The highest BCUT2D eigenvalue weighted by atomic mass is 16.6. The second-order valence-electron chi connectivity index (χ2n) is 21.8. The molecule has 4 fully saturated rings. The Morgan fingerprint density at radius 2 is 1.28 bits per heavy atom. The molecule has 0 spiro atoms. The van der Waals surface area contributed by atoms with Gasteiger partial charge in [-0.25, -0.2) is 4.79 Å². The lowest BCUT2D eigenvalue weighted by atomic mass is 9.43. The maximum atomic E-state index is 14.4. The first-order valence-corrected chi connectivity index (χ1v) is 25.1. The van der Waals surface area contributed by atoms with Gasteiger partial charge in [0.1, 0.15) is 30.9 Å². The molecule has 15 heteroatoms. The number of carbonyl (C=O) groups excluding carboxylic acids is 6. The van der Waals surface area contributed by atoms with Crippen LogP contribution < -0.4 is 16.0 Å². The number of aliphatic hydroxyl groups excluding tert-OH is 2. The Hall–Kier alpha value is -5.02. The molecule has 4 saturated carbocycles. The fourth-order valence-electron chi connectivity index (χ4n) is 12.6. The van der Waals surface area contributed by atoms with Gasteiger partial charge in [0.2, 0.25) is 11.8 Å². The molecule has 15 nitrogen and oxygen atoms in total. The summed E-state index contributed by atoms with van der Waals surface area (Å²) in [6.07, 6.45) is 3.27. The van der Waals surface area contributed by atoms with Crippen LogP contribution in [0.3, 0.4) is 0 Å². The predicted octanol–water partition coefficient (Wildman–Crippen LogP) is 7.09. The molecule has 0 unspecified atom stereocenters. The SMILES string of the molecule is COC(=O)CC[C@@H](C)[C@H]1CC[C@H]2[C@@H]3[C@H](O)C[C@@H]4C[C@@H](NC(=O)[C@H](CCC(=O)OCc5ccccc5)NC(=O)[C@H](CCC(=O)OCc5ccccc5)NC(=O)OC(C)(C)C)CC[C@]4(C)[C@H]3C[C@H](O)[C@]12C. The van der Waals surface area contributed by atoms with E-state index in [0.29, 0.717) is 38.5 Å². The number of benzene rings is 2. The molecule has 0 radical (unpaired) electrons. The highest BCUT2D eigenvalue weighted by Gasteiger charge is 2.65. The zero-order valence-corrected chi connectivity index (χ0v) is 41.7. The number of aliphatic hydroxyl groups is 2. The van der Waals surface area contributed by atoms with Gasteiger partial charge < -0.3 is 45.1 Å². The van der Waals surface area contributed by atoms with E-state index in [1.165, 1.54) is 7.11 Å². The molecule has 380 valence electrons. The van der Waals surface area contributed by atoms with Crippen LogP contribution in [0.4, 0.5) is 4.79 Å². The van der Waals surface area contributed by atoms with Crippen LogP contribution in [0.1, 0.15) is 136 Å². The Balaban J connectivity index is 1.14. The van der Waals surface area contributed by atoms with Crippen LogP contribution in [-0.2, 0) is 56.1 Å². The smallest absolute Gasteiger partial charge is 0.408 e. The van der Waals surface area contributed by atoms with Gasteiger partial charge in [0.15, 0.2) is 0 Å². The summed E-state index contributed by atoms with van der Waals surface area (Å²) >= 11 is 0. The summed E-state index contributed by atoms with van der Waals surface area (Å²) in [7, 11) is 1.40. The second kappa shape index (κ2) is 23.3. The number of methoxy groups -OCH3 is 1. The molecule has 6 rings (SSSR count). The Morgan fingerprint density at radius 3 is 1.84 bits per heavy atom. The van der Waals surface area contributed by atoms with Crippen molar-refractivity contribution in [3.05, 3.63) is 71.8 Å². The molecule has 0 aliphatic heterocycles. The number of nitrogens with one attached hydrogen (secondary N) is 3. The van der Waals surface area contributed by atoms with E-state index in [2.05, 4.69) is 36.7 Å². The number of hydrogen-bond acceptors (Lipinski definition) is 12. The monoisotopic (exact) mass is 960 g/mol. The van der Waals surface area contributed by atoms with Crippen LogP contribution in [0.25, 0.3) is 0 Å². The predicted molar refractivity (Wildman–Crippen MR) is 256 cm³/mol. The molecule has 69 heavy (non-hydrogen) atoms. The Bertz CT molecular complexity index is 2080. The number of rotatable bonds is 19. The molecule has 0 saturated heterocycles. The maximum Gasteiger partial charge on any atom is 0.408 e. The van der Waals surface area contributed by atoms with E-state index in [-0.39, 0.29) is 97.2 Å². The molecule has 0 heterocycles. The number of fused-ring (bicyclic) bond motifs is 5. The average Bonchev–Trinajstić information content (AvgIpc) is 3.68. The van der Waals surface area contributed by atoms with Crippen LogP contribution in [0, 0.1) is 46.3 Å². The summed E-state index contributed by atoms with van der Waals surface area (Å²) in [5, 5.41) is 32.7. The topological polar surface area (TPSA) is 216 Å². The van der Waals surface area contributed by atoms with E-state index in [1.54, 1.807) is 20.8 Å². The quantitative estimate of drug-likeness (QED) is 0.0705. The minimum Gasteiger partial charge on any atom is -0.469 e. The highest BCUT2D eigenvalue weighted by molar-refractivity contribution is 5.92. The van der Waals surface area contributed by atoms with Gasteiger partial charge in [0.05, 0.1) is 19.3 Å². The molecular formula is C54H77N3O12. The minimum atomic E-state index is -1.30. The van der Waals surface area contributed by atoms with Crippen LogP contribution in [0.15, 0.2) is 60.7 Å². The molecule has 2 aromatic rings. The van der Waals surface area contributed by atoms with Crippen molar-refractivity contribution in [1.82, 2.24) is 16.0 Å². The fourth-order valence-corrected chi connectivity index (χ4v) is 12.6. The van der Waals surface area contributed by atoms with Crippen molar-refractivity contribution < 1.29 is 57.9 Å². The van der Waals surface area contributed by atoms with Gasteiger partial charge in [-0.1, -0.05) is 81.4 Å². The zero-order valence-electron chi connectivity index (χ0n) is 41.7. The molecule has 0 aromatic heterocycles. The Morgan fingerprint density at radius 1 is 0.710 bits per heavy atom. The van der Waals surface area contributed by atoms with Crippen molar-refractivity contribution >= 4 is 35.8 Å². The summed E-state index contributed by atoms with van der Waals surface area (Å²) < 4.78 is 21.3. The molecular weight excluding hydrogens is 883 g/mol. The number of esters is 3. The van der Waals surface area contributed by atoms with Crippen molar-refractivity contribution in [2.24, 2.45) is 46.3 Å². The Labute approximate surface area is 407 Å². The van der Waals surface area contributed by atoms with E-state index in [0.717, 1.165) is 30.4 Å². The van der Waals surface area contributed by atoms with Crippen molar-refractivity contribution in [1.29, 1.82) is 0 Å². The standard InChI is InChI=1S/C54H77N3O12/c1-33(18-23-45(60)66-7)38-19-20-39-48-40(30-44(59)54(38,39)6)53(5)27-26-37(28-36(53)29-43(48)58)55-49(63)41(21-24-46(61)67-31-34-14-10-8-11-15-34)56-50(64)42(57-51(65)69-52(2,3)4)22-25-47(62)68-32-35-16-12-9-13-17-35/h8-17,33,36-44,48,58-59H,18-32H2,1-7H3,(H,55,63)(H,56,64)(H,57,65)/t33-,36+,37+,38-,39+,40+,41+,42+,43-,44+,48+,53+,54-/m1/s1. The number of hydrogen-bond donors (Lipinski definition) is 5. The summed E-state index contributed by atoms with van der Waals surface area (Å²) in [5.74, 6) is -1.92. The lowest BCUT2D eigenvalue weighted by Crippen LogP contribution is -2.63. The number of amides is 3. The van der Waals surface area contributed by atoms with Crippen molar-refractivity contribution in [3.8, 4) is 0 Å². The number of alkyl carbamates (subject to hydrolysis) is 1. The summed E-state index contributed by atoms with van der Waals surface area (Å²) in [5.41, 5.74) is 0.111. The number of carbonyl (C=O) groups is 6. The maximum absolute atomic E-state index is 14.4. The van der Waals surface area contributed by atoms with Gasteiger partial charge in [0, 0.05) is 25.3 Å². The fraction of sp³-hybridized carbons (Fsp3) is 0.667. The molecule has 2 aromatic carbocycles. The second-order valence-corrected chi connectivity index (χ2v) is 21.8. The average molecular weight is 960 g/mol. The summed E-state index contributed by atoms with van der Waals surface area (Å²) in [4.78, 5) is 79.6. The number of ether oxygens (including phenoxy) is 4. The van der Waals surface area contributed by atoms with Crippen LogP contribution in [-0.4, -0.2) is 89.1 Å². The van der Waals surface area contributed by atoms with Crippen molar-refractivity contribution in [2.45, 2.75) is 174 Å². The third kappa shape index (κ3) is 13.4. The molecule has 4 aliphatic carbocycles. The normalized spacial score (nSPS) is 29.6. The Kier molecular flexibility index (Phi) is 18.0. The van der Waals surface area contributed by atoms with E-state index >= 15 is 0 Å². The third-order valence-electron chi connectivity index (χ3n) is 16.3. The van der Waals surface area contributed by atoms with E-state index in [4.69, 9.17) is 18.9 Å². The molecule has 3 amide bonds. The van der Waals surface area contributed by atoms with Crippen LogP contribution >= 0.6 is 0 Å². The third-order valence-corrected chi connectivity index (χ3v) is 16.3. The minimum absolute atomic E-state index is 0.0257. The first kappa shape index (κ1) is 53.3. The van der Waals surface area contributed by atoms with Gasteiger partial charge in [-0.3, -0.25) is 24.0 Å². The first-order valence-electron chi connectivity index (χ1n) is 25.1. The van der Waals surface area contributed by atoms with Crippen molar-refractivity contribution in [3.63, 3.8) is 0 Å². The highest BCUT2D eigenvalue weighted by Crippen LogP contribution is 2.68. The largest absolute Gasteiger partial charge is 0.469 e. The summed E-state index contributed by atoms with van der Waals surface area (Å²) in [6.45, 7) is 11.8. The molecule has 5 N–H and O–H groups in total. The van der Waals surface area contributed by atoms with E-state index in [1.807, 2.05) is 60.7 Å². The van der Waals surface area contributed by atoms with E-state index < -0.39 is 59.7 Å². The van der Waals surface area contributed by atoms with Crippen LogP contribution in [0.5, 0.6) is 0 Å². The zero-order chi connectivity index (χ0) is 50.1. The molecule has 0 bridgehead atoms. The van der Waals surface area contributed by atoms with Gasteiger partial charge in [-0.2, -0.15) is 0 Å². The summed E-state index contributed by atoms with van der Waals surface area (Å²) in [6, 6.07) is 15.5. The van der Waals surface area contributed by atoms with Gasteiger partial charge in [-0.05, 0) is 142 Å².